The summed E-state index contributed by atoms with van der Waals surface area (Å²) in [4.78, 5) is 24.5. The highest BCUT2D eigenvalue weighted by Crippen LogP contribution is 2.42. The number of carbonyl (C=O) groups excluding carboxylic acids is 2. The molecule has 2 rings (SSSR count). The molecule has 0 saturated carbocycles. The molecule has 0 spiro atoms. The van der Waals surface area contributed by atoms with E-state index in [1.807, 2.05) is 12.1 Å². The zero-order valence-corrected chi connectivity index (χ0v) is 15.3. The summed E-state index contributed by atoms with van der Waals surface area (Å²) in [6.07, 6.45) is 0. The van der Waals surface area contributed by atoms with E-state index in [0.717, 1.165) is 11.8 Å². The molecule has 0 saturated heterocycles. The molecule has 0 bridgehead atoms. The molecule has 1 aromatic rings. The Hall–Kier alpha value is -2.84. The molecule has 2 N–H and O–H groups in total. The fourth-order valence-electron chi connectivity index (χ4n) is 2.52. The Bertz CT molecular complexity index is 849. The van der Waals surface area contributed by atoms with E-state index in [4.69, 9.17) is 0 Å². The average molecular weight is 372 g/mol. The third-order valence-electron chi connectivity index (χ3n) is 4.11. The van der Waals surface area contributed by atoms with E-state index in [2.05, 4.69) is 10.6 Å². The van der Waals surface area contributed by atoms with Gasteiger partial charge in [-0.25, -0.2) is 4.39 Å². The molecule has 0 aliphatic carbocycles. The van der Waals surface area contributed by atoms with E-state index in [1.165, 1.54) is 24.3 Å². The number of hydrogen-bond donors (Lipinski definition) is 2. The first-order valence-corrected chi connectivity index (χ1v) is 8.67. The molecule has 1 aromatic carbocycles. The maximum Gasteiger partial charge on any atom is 0.243 e. The lowest BCUT2D eigenvalue weighted by molar-refractivity contribution is -0.125. The number of nitriles is 2. The van der Waals surface area contributed by atoms with E-state index in [0.29, 0.717) is 5.69 Å². The first kappa shape index (κ1) is 19.5. The first-order chi connectivity index (χ1) is 12.2. The second-order valence-corrected chi connectivity index (χ2v) is 7.70. The number of halogens is 1. The second kappa shape index (κ2) is 7.59. The van der Waals surface area contributed by atoms with Crippen molar-refractivity contribution in [1.29, 1.82) is 10.5 Å². The predicted molar refractivity (Wildman–Crippen MR) is 95.7 cm³/mol. The van der Waals surface area contributed by atoms with Gasteiger partial charge in [0.1, 0.15) is 11.7 Å². The maximum absolute atomic E-state index is 12.9. The van der Waals surface area contributed by atoms with Gasteiger partial charge in [0, 0.05) is 11.1 Å². The number of nitrogens with one attached hydrogen (secondary N) is 2. The number of hydrogen-bond acceptors (Lipinski definition) is 5. The summed E-state index contributed by atoms with van der Waals surface area (Å²) in [6.45, 7) is 4.94. The second-order valence-electron chi connectivity index (χ2n) is 6.35. The van der Waals surface area contributed by atoms with Crippen LogP contribution in [-0.4, -0.2) is 17.1 Å². The van der Waals surface area contributed by atoms with Gasteiger partial charge >= 0.3 is 0 Å². The van der Waals surface area contributed by atoms with Gasteiger partial charge in [-0.1, -0.05) is 25.6 Å². The number of carbonyl (C=O) groups is 2. The van der Waals surface area contributed by atoms with Crippen LogP contribution in [0.15, 0.2) is 34.9 Å². The molecule has 8 heteroatoms. The van der Waals surface area contributed by atoms with Gasteiger partial charge in [-0.3, -0.25) is 9.59 Å². The number of benzene rings is 1. The van der Waals surface area contributed by atoms with Gasteiger partial charge in [-0.15, -0.1) is 0 Å². The number of amides is 2. The zero-order valence-electron chi connectivity index (χ0n) is 14.5. The standard InChI is InChI=1S/C18H17FN4O2S/c1-10(15(24)22-12-6-4-11(19)5-7-12)26-17-14(9-21)18(2,3)13(8-20)16(25)23-17/h4-7,10,13H,1-3H3,(H,22,24)(H,23,25)/t10-,13+/m0/s1. The Morgan fingerprint density at radius 1 is 1.35 bits per heavy atom. The molecule has 0 fully saturated rings. The fraction of sp³-hybridized carbons (Fsp3) is 0.333. The third-order valence-corrected chi connectivity index (χ3v) is 5.22. The van der Waals surface area contributed by atoms with Crippen molar-refractivity contribution in [2.45, 2.75) is 26.0 Å². The number of rotatable bonds is 4. The van der Waals surface area contributed by atoms with Gasteiger partial charge in [0.2, 0.25) is 11.8 Å². The van der Waals surface area contributed by atoms with Gasteiger partial charge in [-0.2, -0.15) is 10.5 Å². The third kappa shape index (κ3) is 3.87. The van der Waals surface area contributed by atoms with Crippen LogP contribution in [-0.2, 0) is 9.59 Å². The van der Waals surface area contributed by atoms with Crippen LogP contribution in [0.1, 0.15) is 20.8 Å². The molecular weight excluding hydrogens is 355 g/mol. The molecular formula is C18H17FN4O2S. The van der Waals surface area contributed by atoms with Crippen LogP contribution in [0.4, 0.5) is 10.1 Å². The molecule has 1 heterocycles. The van der Waals surface area contributed by atoms with Crippen LogP contribution in [0.5, 0.6) is 0 Å². The highest BCUT2D eigenvalue weighted by atomic mass is 32.2. The molecule has 134 valence electrons. The summed E-state index contributed by atoms with van der Waals surface area (Å²) < 4.78 is 12.9. The Morgan fingerprint density at radius 3 is 2.50 bits per heavy atom. The summed E-state index contributed by atoms with van der Waals surface area (Å²) in [5.74, 6) is -2.25. The van der Waals surface area contributed by atoms with Crippen LogP contribution in [0.2, 0.25) is 0 Å². The molecule has 2 atom stereocenters. The SMILES string of the molecule is C[C@H](SC1=C(C#N)C(C)(C)[C@H](C#N)C(=O)N1)C(=O)Nc1ccc(F)cc1. The minimum absolute atomic E-state index is 0.259. The van der Waals surface area contributed by atoms with Crippen LogP contribution >= 0.6 is 11.8 Å². The van der Waals surface area contributed by atoms with Crippen LogP contribution in [0.3, 0.4) is 0 Å². The van der Waals surface area contributed by atoms with Crippen LogP contribution in [0.25, 0.3) is 0 Å². The lowest BCUT2D eigenvalue weighted by atomic mass is 9.72. The first-order valence-electron chi connectivity index (χ1n) is 7.79. The summed E-state index contributed by atoms with van der Waals surface area (Å²) in [5, 5.41) is 23.6. The van der Waals surface area contributed by atoms with Gasteiger partial charge in [0.05, 0.1) is 28.0 Å². The Balaban J connectivity index is 2.20. The highest BCUT2D eigenvalue weighted by molar-refractivity contribution is 8.04. The Morgan fingerprint density at radius 2 is 1.96 bits per heavy atom. The summed E-state index contributed by atoms with van der Waals surface area (Å²) >= 11 is 1.03. The zero-order chi connectivity index (χ0) is 19.5. The van der Waals surface area contributed by atoms with Crippen molar-refractivity contribution in [2.75, 3.05) is 5.32 Å². The van der Waals surface area contributed by atoms with Gasteiger partial charge in [-0.05, 0) is 31.2 Å². The molecule has 26 heavy (non-hydrogen) atoms. The quantitative estimate of drug-likeness (QED) is 0.845. The van der Waals surface area contributed by atoms with Crippen molar-refractivity contribution in [3.05, 3.63) is 40.7 Å². The molecule has 1 aliphatic heterocycles. The summed E-state index contributed by atoms with van der Waals surface area (Å²) in [5.41, 5.74) is -0.257. The lowest BCUT2D eigenvalue weighted by Gasteiger charge is -2.35. The maximum atomic E-state index is 12.9. The Kier molecular flexibility index (Phi) is 5.69. The largest absolute Gasteiger partial charge is 0.325 e. The van der Waals surface area contributed by atoms with E-state index in [-0.39, 0.29) is 16.5 Å². The van der Waals surface area contributed by atoms with Crippen molar-refractivity contribution < 1.29 is 14.0 Å². The molecule has 6 nitrogen and oxygen atoms in total. The van der Waals surface area contributed by atoms with E-state index in [1.54, 1.807) is 20.8 Å². The van der Waals surface area contributed by atoms with Crippen LogP contribution < -0.4 is 10.6 Å². The number of thioether (sulfide) groups is 1. The monoisotopic (exact) mass is 372 g/mol. The fourth-order valence-corrected chi connectivity index (χ4v) is 3.63. The Labute approximate surface area is 155 Å². The van der Waals surface area contributed by atoms with Gasteiger partial charge in [0.15, 0.2) is 0 Å². The van der Waals surface area contributed by atoms with Crippen molar-refractivity contribution in [1.82, 2.24) is 5.32 Å². The van der Waals surface area contributed by atoms with Crippen molar-refractivity contribution in [3.63, 3.8) is 0 Å². The minimum atomic E-state index is -0.982. The number of nitrogens with zero attached hydrogens (tertiary/aromatic N) is 2. The average Bonchev–Trinajstić information content (AvgIpc) is 2.56. The van der Waals surface area contributed by atoms with Crippen molar-refractivity contribution in [2.24, 2.45) is 11.3 Å². The normalized spacial score (nSPS) is 19.8. The molecule has 0 unspecified atom stereocenters. The molecule has 2 amide bonds. The minimum Gasteiger partial charge on any atom is -0.325 e. The van der Waals surface area contributed by atoms with Crippen molar-refractivity contribution >= 4 is 29.3 Å². The lowest BCUT2D eigenvalue weighted by Crippen LogP contribution is -2.45. The summed E-state index contributed by atoms with van der Waals surface area (Å²) in [7, 11) is 0. The predicted octanol–water partition coefficient (Wildman–Crippen LogP) is 2.92. The molecule has 0 aromatic heterocycles. The van der Waals surface area contributed by atoms with Crippen LogP contribution in [0, 0.1) is 39.8 Å². The smallest absolute Gasteiger partial charge is 0.243 e. The van der Waals surface area contributed by atoms with Gasteiger partial charge in [0.25, 0.3) is 0 Å². The van der Waals surface area contributed by atoms with Crippen molar-refractivity contribution in [3.8, 4) is 12.1 Å². The highest BCUT2D eigenvalue weighted by Gasteiger charge is 2.45. The topological polar surface area (TPSA) is 106 Å². The number of anilines is 1. The van der Waals surface area contributed by atoms with E-state index < -0.39 is 28.3 Å². The van der Waals surface area contributed by atoms with E-state index in [9.17, 15) is 24.5 Å². The number of allylic oxidation sites excluding steroid dienone is 1. The van der Waals surface area contributed by atoms with E-state index >= 15 is 0 Å². The summed E-state index contributed by atoms with van der Waals surface area (Å²) in [6, 6.07) is 9.31. The molecule has 1 aliphatic rings. The van der Waals surface area contributed by atoms with Gasteiger partial charge < -0.3 is 10.6 Å². The molecule has 0 radical (unpaired) electrons.